The van der Waals surface area contributed by atoms with E-state index in [-0.39, 0.29) is 23.9 Å². The van der Waals surface area contributed by atoms with E-state index in [1.807, 2.05) is 0 Å². The SMILES string of the molecule is CC(/C=C/C1CC2(C[C@@H](CC=O)O1)OC2C)=C\CC1OCCCC1C. The summed E-state index contributed by atoms with van der Waals surface area (Å²) in [5.41, 5.74) is 1.17. The van der Waals surface area contributed by atoms with Crippen molar-refractivity contribution in [2.45, 2.75) is 89.3 Å². The number of ether oxygens (including phenoxy) is 3. The van der Waals surface area contributed by atoms with Crippen LogP contribution in [0.25, 0.3) is 0 Å². The Hall–Kier alpha value is -0.970. The fourth-order valence-corrected chi connectivity index (χ4v) is 4.18. The highest BCUT2D eigenvalue weighted by Crippen LogP contribution is 2.48. The maximum absolute atomic E-state index is 10.9. The average molecular weight is 348 g/mol. The van der Waals surface area contributed by atoms with Gasteiger partial charge in [0.05, 0.1) is 30.0 Å². The normalized spacial score (nSPS) is 42.0. The van der Waals surface area contributed by atoms with Crippen molar-refractivity contribution in [3.05, 3.63) is 23.8 Å². The number of hydrogen-bond acceptors (Lipinski definition) is 4. The first-order valence-corrected chi connectivity index (χ1v) is 9.76. The summed E-state index contributed by atoms with van der Waals surface area (Å²) in [6.07, 6.45) is 13.7. The molecular weight excluding hydrogens is 316 g/mol. The lowest BCUT2D eigenvalue weighted by Gasteiger charge is -2.32. The lowest BCUT2D eigenvalue weighted by Crippen LogP contribution is -2.38. The van der Waals surface area contributed by atoms with E-state index in [0.717, 1.165) is 32.2 Å². The van der Waals surface area contributed by atoms with Crippen LogP contribution in [0, 0.1) is 5.92 Å². The Morgan fingerprint density at radius 1 is 1.24 bits per heavy atom. The van der Waals surface area contributed by atoms with Crippen molar-refractivity contribution in [1.29, 1.82) is 0 Å². The van der Waals surface area contributed by atoms with E-state index < -0.39 is 0 Å². The van der Waals surface area contributed by atoms with Crippen LogP contribution in [-0.4, -0.2) is 42.9 Å². The van der Waals surface area contributed by atoms with Crippen LogP contribution in [0.15, 0.2) is 23.8 Å². The summed E-state index contributed by atoms with van der Waals surface area (Å²) in [5, 5.41) is 0. The second-order valence-electron chi connectivity index (χ2n) is 8.00. The molecule has 3 aliphatic rings. The fraction of sp³-hybridized carbons (Fsp3) is 0.762. The summed E-state index contributed by atoms with van der Waals surface area (Å²) in [6.45, 7) is 7.41. The molecule has 0 saturated carbocycles. The summed E-state index contributed by atoms with van der Waals surface area (Å²) in [6, 6.07) is 0. The van der Waals surface area contributed by atoms with E-state index in [9.17, 15) is 4.79 Å². The highest BCUT2D eigenvalue weighted by Gasteiger charge is 2.57. The molecule has 4 nitrogen and oxygen atoms in total. The Bertz CT molecular complexity index is 526. The summed E-state index contributed by atoms with van der Waals surface area (Å²) in [5.74, 6) is 0.640. The second kappa shape index (κ2) is 8.15. The van der Waals surface area contributed by atoms with Crippen LogP contribution in [0.4, 0.5) is 0 Å². The van der Waals surface area contributed by atoms with Crippen molar-refractivity contribution in [2.75, 3.05) is 6.61 Å². The fourth-order valence-electron chi connectivity index (χ4n) is 4.18. The van der Waals surface area contributed by atoms with Crippen molar-refractivity contribution in [3.8, 4) is 0 Å². The molecule has 0 amide bonds. The topological polar surface area (TPSA) is 48.1 Å². The van der Waals surface area contributed by atoms with E-state index in [2.05, 4.69) is 39.0 Å². The molecule has 3 aliphatic heterocycles. The maximum Gasteiger partial charge on any atom is 0.122 e. The van der Waals surface area contributed by atoms with Gasteiger partial charge in [-0.3, -0.25) is 0 Å². The standard InChI is InChI=1S/C21H32O4/c1-15(7-9-20-16(2)5-4-12-23-20)6-8-18-13-21(17(3)25-21)14-19(24-18)10-11-22/h6-8,11,16-20H,4-5,9-10,12-14H2,1-3H3/b8-6+,15-7+/t16?,17?,18?,19-,20?,21?/m1/s1. The molecule has 3 heterocycles. The molecule has 0 aromatic rings. The molecule has 6 atom stereocenters. The minimum atomic E-state index is -0.0656. The summed E-state index contributed by atoms with van der Waals surface area (Å²) < 4.78 is 17.8. The molecule has 0 bridgehead atoms. The number of epoxide rings is 1. The molecule has 140 valence electrons. The summed E-state index contributed by atoms with van der Waals surface area (Å²) in [4.78, 5) is 10.9. The zero-order valence-corrected chi connectivity index (χ0v) is 15.8. The Morgan fingerprint density at radius 2 is 2.04 bits per heavy atom. The van der Waals surface area contributed by atoms with Crippen LogP contribution in [0.1, 0.15) is 59.3 Å². The van der Waals surface area contributed by atoms with Gasteiger partial charge in [-0.1, -0.05) is 30.7 Å². The second-order valence-corrected chi connectivity index (χ2v) is 8.00. The van der Waals surface area contributed by atoms with Gasteiger partial charge < -0.3 is 19.0 Å². The van der Waals surface area contributed by atoms with E-state index in [0.29, 0.717) is 18.4 Å². The number of carbonyl (C=O) groups excluding carboxylic acids is 1. The Labute approximate surface area is 151 Å². The molecule has 4 heteroatoms. The van der Waals surface area contributed by atoms with Gasteiger partial charge in [-0.2, -0.15) is 0 Å². The Balaban J connectivity index is 1.54. The minimum absolute atomic E-state index is 0.0216. The van der Waals surface area contributed by atoms with Gasteiger partial charge in [-0.25, -0.2) is 0 Å². The number of carbonyl (C=O) groups is 1. The van der Waals surface area contributed by atoms with Gasteiger partial charge in [-0.15, -0.1) is 0 Å². The minimum Gasteiger partial charge on any atom is -0.378 e. The molecule has 0 aliphatic carbocycles. The van der Waals surface area contributed by atoms with E-state index in [1.54, 1.807) is 0 Å². The Morgan fingerprint density at radius 3 is 2.72 bits per heavy atom. The lowest BCUT2D eigenvalue weighted by atomic mass is 9.87. The molecule has 3 saturated heterocycles. The third-order valence-electron chi connectivity index (χ3n) is 5.96. The molecule has 3 fully saturated rings. The van der Waals surface area contributed by atoms with Gasteiger partial charge in [0.25, 0.3) is 0 Å². The molecule has 0 aromatic carbocycles. The number of allylic oxidation sites excluding steroid dienone is 2. The van der Waals surface area contributed by atoms with Crippen LogP contribution in [0.5, 0.6) is 0 Å². The monoisotopic (exact) mass is 348 g/mol. The van der Waals surface area contributed by atoms with Crippen molar-refractivity contribution >= 4 is 6.29 Å². The molecule has 0 N–H and O–H groups in total. The summed E-state index contributed by atoms with van der Waals surface area (Å²) in [7, 11) is 0. The van der Waals surface area contributed by atoms with Crippen LogP contribution in [-0.2, 0) is 19.0 Å². The van der Waals surface area contributed by atoms with Gasteiger partial charge in [0.15, 0.2) is 0 Å². The number of hydrogen-bond donors (Lipinski definition) is 0. The highest BCUT2D eigenvalue weighted by molar-refractivity contribution is 5.50. The van der Waals surface area contributed by atoms with Crippen LogP contribution in [0.3, 0.4) is 0 Å². The largest absolute Gasteiger partial charge is 0.378 e. The highest BCUT2D eigenvalue weighted by atomic mass is 16.6. The smallest absolute Gasteiger partial charge is 0.122 e. The number of aldehydes is 1. The average Bonchev–Trinajstić information content (AvgIpc) is 3.19. The van der Waals surface area contributed by atoms with Crippen molar-refractivity contribution < 1.29 is 19.0 Å². The predicted molar refractivity (Wildman–Crippen MR) is 97.5 cm³/mol. The van der Waals surface area contributed by atoms with Gasteiger partial charge in [0.2, 0.25) is 0 Å². The third kappa shape index (κ3) is 4.81. The van der Waals surface area contributed by atoms with Gasteiger partial charge in [0, 0.05) is 25.9 Å². The Kier molecular flexibility index (Phi) is 6.13. The zero-order chi connectivity index (χ0) is 17.9. The molecule has 3 rings (SSSR count). The third-order valence-corrected chi connectivity index (χ3v) is 5.96. The van der Waals surface area contributed by atoms with E-state index in [4.69, 9.17) is 14.2 Å². The van der Waals surface area contributed by atoms with Crippen LogP contribution in [0.2, 0.25) is 0 Å². The quantitative estimate of drug-likeness (QED) is 0.414. The van der Waals surface area contributed by atoms with Crippen molar-refractivity contribution in [1.82, 2.24) is 0 Å². The van der Waals surface area contributed by atoms with E-state index >= 15 is 0 Å². The van der Waals surface area contributed by atoms with Gasteiger partial charge in [-0.05, 0) is 39.0 Å². The first-order chi connectivity index (χ1) is 12.0. The molecule has 0 radical (unpaired) electrons. The number of rotatable bonds is 6. The van der Waals surface area contributed by atoms with E-state index in [1.165, 1.54) is 18.4 Å². The van der Waals surface area contributed by atoms with Gasteiger partial charge >= 0.3 is 0 Å². The molecular formula is C21H32O4. The molecule has 25 heavy (non-hydrogen) atoms. The van der Waals surface area contributed by atoms with Crippen molar-refractivity contribution in [3.63, 3.8) is 0 Å². The first-order valence-electron chi connectivity index (χ1n) is 9.76. The predicted octanol–water partition coefficient (Wildman–Crippen LogP) is 3.99. The maximum atomic E-state index is 10.9. The summed E-state index contributed by atoms with van der Waals surface area (Å²) >= 11 is 0. The lowest BCUT2D eigenvalue weighted by molar-refractivity contribution is -0.114. The first kappa shape index (κ1) is 18.8. The van der Waals surface area contributed by atoms with Crippen LogP contribution >= 0.6 is 0 Å². The molecule has 5 unspecified atom stereocenters. The molecule has 0 aromatic heterocycles. The molecule has 1 spiro atoms. The van der Waals surface area contributed by atoms with Crippen LogP contribution < -0.4 is 0 Å². The zero-order valence-electron chi connectivity index (χ0n) is 15.8. The van der Waals surface area contributed by atoms with Gasteiger partial charge in [0.1, 0.15) is 6.29 Å². The van der Waals surface area contributed by atoms with Crippen molar-refractivity contribution in [2.24, 2.45) is 5.92 Å².